The minimum atomic E-state index is -0.586. The zero-order chi connectivity index (χ0) is 15.9. The number of nitro benzene ring substituents is 1. The van der Waals surface area contributed by atoms with E-state index < -0.39 is 10.8 Å². The quantitative estimate of drug-likeness (QED) is 0.553. The second-order valence-electron chi connectivity index (χ2n) is 4.62. The number of carbonyl (C=O) groups is 1. The number of nitro groups is 1. The highest BCUT2D eigenvalue weighted by Crippen LogP contribution is 2.19. The highest BCUT2D eigenvalue weighted by molar-refractivity contribution is 5.85. The van der Waals surface area contributed by atoms with Crippen LogP contribution >= 0.6 is 12.4 Å². The lowest BCUT2D eigenvalue weighted by atomic mass is 9.98. The molecule has 2 aromatic rings. The van der Waals surface area contributed by atoms with E-state index in [1.54, 1.807) is 0 Å². The van der Waals surface area contributed by atoms with Gasteiger partial charge in [0.15, 0.2) is 0 Å². The minimum Gasteiger partial charge on any atom is -0.329 e. The number of nitrogens with one attached hydrogen (secondary N) is 2. The third-order valence-corrected chi connectivity index (χ3v) is 3.16. The Balaban J connectivity index is 0.00000264. The molecule has 0 aromatic heterocycles. The van der Waals surface area contributed by atoms with Gasteiger partial charge >= 0.3 is 0 Å². The Bertz CT molecular complexity index is 650. The molecule has 0 heterocycles. The summed E-state index contributed by atoms with van der Waals surface area (Å²) in [6.07, 6.45) is 0. The Hall–Kier alpha value is -2.64. The molecule has 0 unspecified atom stereocenters. The fourth-order valence-corrected chi connectivity index (χ4v) is 1.97. The van der Waals surface area contributed by atoms with Crippen molar-refractivity contribution in [2.24, 2.45) is 5.73 Å². The largest absolute Gasteiger partial charge is 0.329 e. The van der Waals surface area contributed by atoms with Crippen molar-refractivity contribution in [3.8, 4) is 0 Å². The molecule has 0 saturated carbocycles. The van der Waals surface area contributed by atoms with Gasteiger partial charge in [-0.25, -0.2) is 0 Å². The smallest absolute Gasteiger partial charge is 0.269 e. The number of carbonyl (C=O) groups excluding carboxylic acids is 1. The number of amides is 1. The van der Waals surface area contributed by atoms with Crippen LogP contribution in [-0.2, 0) is 4.79 Å². The monoisotopic (exact) mass is 336 g/mol. The van der Waals surface area contributed by atoms with Gasteiger partial charge in [0.05, 0.1) is 16.5 Å². The molecule has 23 heavy (non-hydrogen) atoms. The first-order valence-electron chi connectivity index (χ1n) is 6.67. The van der Waals surface area contributed by atoms with Gasteiger partial charge in [0.2, 0.25) is 5.91 Å². The molecular weight excluding hydrogens is 320 g/mol. The lowest BCUT2D eigenvalue weighted by molar-refractivity contribution is -0.384. The Labute approximate surface area is 139 Å². The maximum Gasteiger partial charge on any atom is 0.269 e. The molecule has 4 N–H and O–H groups in total. The molecule has 122 valence electrons. The second kappa shape index (κ2) is 8.72. The van der Waals surface area contributed by atoms with Crippen LogP contribution in [0.1, 0.15) is 11.5 Å². The molecular formula is C15H17ClN4O3. The van der Waals surface area contributed by atoms with Crippen LogP contribution in [0.2, 0.25) is 0 Å². The van der Waals surface area contributed by atoms with Gasteiger partial charge in [-0.15, -0.1) is 12.4 Å². The van der Waals surface area contributed by atoms with E-state index in [0.717, 1.165) is 5.69 Å². The Morgan fingerprint density at radius 3 is 2.26 bits per heavy atom. The van der Waals surface area contributed by atoms with Crippen molar-refractivity contribution in [2.75, 3.05) is 12.0 Å². The van der Waals surface area contributed by atoms with Crippen LogP contribution in [-0.4, -0.2) is 17.4 Å². The van der Waals surface area contributed by atoms with Crippen LogP contribution < -0.4 is 16.6 Å². The number of nitrogens with two attached hydrogens (primary N) is 1. The topological polar surface area (TPSA) is 110 Å². The first kappa shape index (κ1) is 18.4. The number of anilines is 1. The molecule has 0 aliphatic heterocycles. The molecule has 0 spiro atoms. The lowest BCUT2D eigenvalue weighted by Gasteiger charge is -2.16. The van der Waals surface area contributed by atoms with E-state index in [1.165, 1.54) is 24.3 Å². The molecule has 0 aliphatic rings. The van der Waals surface area contributed by atoms with E-state index >= 15 is 0 Å². The predicted octanol–water partition coefficient (Wildman–Crippen LogP) is 2.20. The van der Waals surface area contributed by atoms with Crippen LogP contribution in [0.25, 0.3) is 0 Å². The highest BCUT2D eigenvalue weighted by atomic mass is 35.5. The molecule has 1 atom stereocenters. The highest BCUT2D eigenvalue weighted by Gasteiger charge is 2.19. The van der Waals surface area contributed by atoms with Crippen molar-refractivity contribution in [1.82, 2.24) is 5.43 Å². The van der Waals surface area contributed by atoms with Crippen molar-refractivity contribution in [3.63, 3.8) is 0 Å². The Morgan fingerprint density at radius 2 is 1.74 bits per heavy atom. The Morgan fingerprint density at radius 1 is 1.13 bits per heavy atom. The standard InChI is InChI=1S/C15H16N4O3.ClH/c16-10-14(11-6-8-13(9-7-11)19(21)22)15(20)18-17-12-4-2-1-3-5-12;/h1-9,14,17H,10,16H2,(H,18,20);1H/t14-;/m1./s1. The third kappa shape index (κ3) is 4.94. The summed E-state index contributed by atoms with van der Waals surface area (Å²) in [4.78, 5) is 22.3. The summed E-state index contributed by atoms with van der Waals surface area (Å²) < 4.78 is 0. The molecule has 2 aromatic carbocycles. The van der Waals surface area contributed by atoms with E-state index in [2.05, 4.69) is 10.9 Å². The van der Waals surface area contributed by atoms with Gasteiger partial charge in [0.25, 0.3) is 5.69 Å². The molecule has 2 rings (SSSR count). The maximum absolute atomic E-state index is 12.2. The number of hydrogen-bond donors (Lipinski definition) is 3. The van der Waals surface area contributed by atoms with E-state index in [-0.39, 0.29) is 30.5 Å². The first-order valence-corrected chi connectivity index (χ1v) is 6.67. The number of halogens is 1. The van der Waals surface area contributed by atoms with Crippen LogP contribution in [0.4, 0.5) is 11.4 Å². The molecule has 0 bridgehead atoms. The normalized spacial score (nSPS) is 11.0. The van der Waals surface area contributed by atoms with Crippen molar-refractivity contribution in [3.05, 3.63) is 70.3 Å². The van der Waals surface area contributed by atoms with Crippen LogP contribution in [0.15, 0.2) is 54.6 Å². The SMILES string of the molecule is Cl.NC[C@@H](C(=O)NNc1ccccc1)c1ccc([N+](=O)[O-])cc1. The number of para-hydroxylation sites is 1. The summed E-state index contributed by atoms with van der Waals surface area (Å²) in [5, 5.41) is 10.6. The Kier molecular flexibility index (Phi) is 6.98. The molecule has 0 saturated heterocycles. The molecule has 0 radical (unpaired) electrons. The molecule has 0 aliphatic carbocycles. The summed E-state index contributed by atoms with van der Waals surface area (Å²) in [6.45, 7) is 0.0973. The van der Waals surface area contributed by atoms with Gasteiger partial charge in [0.1, 0.15) is 0 Å². The number of hydrazine groups is 1. The number of non-ortho nitro benzene ring substituents is 1. The van der Waals surface area contributed by atoms with E-state index in [0.29, 0.717) is 5.56 Å². The van der Waals surface area contributed by atoms with Gasteiger partial charge in [-0.1, -0.05) is 30.3 Å². The summed E-state index contributed by atoms with van der Waals surface area (Å²) in [7, 11) is 0. The number of hydrogen-bond acceptors (Lipinski definition) is 5. The fraction of sp³-hybridized carbons (Fsp3) is 0.133. The summed E-state index contributed by atoms with van der Waals surface area (Å²) >= 11 is 0. The van der Waals surface area contributed by atoms with Crippen molar-refractivity contribution in [2.45, 2.75) is 5.92 Å². The maximum atomic E-state index is 12.2. The molecule has 8 heteroatoms. The van der Waals surface area contributed by atoms with Gasteiger partial charge < -0.3 is 5.73 Å². The van der Waals surface area contributed by atoms with E-state index in [4.69, 9.17) is 5.73 Å². The van der Waals surface area contributed by atoms with Crippen molar-refractivity contribution < 1.29 is 9.72 Å². The second-order valence-corrected chi connectivity index (χ2v) is 4.62. The number of rotatable bonds is 6. The molecule has 0 fully saturated rings. The first-order chi connectivity index (χ1) is 10.6. The average Bonchev–Trinajstić information content (AvgIpc) is 2.55. The van der Waals surface area contributed by atoms with Gasteiger partial charge in [-0.05, 0) is 17.7 Å². The van der Waals surface area contributed by atoms with Gasteiger partial charge in [-0.3, -0.25) is 25.8 Å². The summed E-state index contributed by atoms with van der Waals surface area (Å²) in [5.74, 6) is -0.891. The van der Waals surface area contributed by atoms with E-state index in [1.807, 2.05) is 30.3 Å². The van der Waals surface area contributed by atoms with Crippen LogP contribution in [0.5, 0.6) is 0 Å². The average molecular weight is 337 g/mol. The van der Waals surface area contributed by atoms with Crippen LogP contribution in [0.3, 0.4) is 0 Å². The van der Waals surface area contributed by atoms with Gasteiger partial charge in [-0.2, -0.15) is 0 Å². The van der Waals surface area contributed by atoms with Crippen LogP contribution in [0, 0.1) is 10.1 Å². The number of benzene rings is 2. The zero-order valence-electron chi connectivity index (χ0n) is 12.1. The van der Waals surface area contributed by atoms with Crippen molar-refractivity contribution >= 4 is 29.7 Å². The summed E-state index contributed by atoms with van der Waals surface area (Å²) in [5.41, 5.74) is 12.4. The molecule has 7 nitrogen and oxygen atoms in total. The minimum absolute atomic E-state index is 0. The lowest BCUT2D eigenvalue weighted by Crippen LogP contribution is -2.37. The van der Waals surface area contributed by atoms with Crippen molar-refractivity contribution in [1.29, 1.82) is 0 Å². The van der Waals surface area contributed by atoms with Gasteiger partial charge in [0, 0.05) is 18.7 Å². The zero-order valence-corrected chi connectivity index (χ0v) is 13.0. The fourth-order valence-electron chi connectivity index (χ4n) is 1.97. The third-order valence-electron chi connectivity index (χ3n) is 3.16. The molecule has 1 amide bonds. The summed E-state index contributed by atoms with van der Waals surface area (Å²) in [6, 6.07) is 15.0. The predicted molar refractivity (Wildman–Crippen MR) is 90.3 cm³/mol. The number of nitrogens with zero attached hydrogens (tertiary/aromatic N) is 1. The van der Waals surface area contributed by atoms with E-state index in [9.17, 15) is 14.9 Å².